The molecule has 9 nitrogen and oxygen atoms in total. The van der Waals surface area contributed by atoms with Crippen LogP contribution in [0.2, 0.25) is 0 Å². The van der Waals surface area contributed by atoms with E-state index < -0.39 is 38.7 Å². The minimum absolute atomic E-state index is 0.0240. The van der Waals surface area contributed by atoms with Crippen molar-refractivity contribution in [2.45, 2.75) is 6.42 Å². The summed E-state index contributed by atoms with van der Waals surface area (Å²) >= 11 is 0. The Bertz CT molecular complexity index is 1270. The van der Waals surface area contributed by atoms with E-state index in [-0.39, 0.29) is 18.0 Å². The molecular formula is C26H20N2O7. The summed E-state index contributed by atoms with van der Waals surface area (Å²) in [6, 6.07) is 19.7. The van der Waals surface area contributed by atoms with Crippen molar-refractivity contribution in [3.05, 3.63) is 134 Å². The number of nitrogens with zero attached hydrogens (tertiary/aromatic N) is 2. The van der Waals surface area contributed by atoms with Gasteiger partial charge in [0.2, 0.25) is 0 Å². The number of hydrogen-bond acceptors (Lipinski definition) is 7. The van der Waals surface area contributed by atoms with E-state index in [1.165, 1.54) is 12.2 Å². The van der Waals surface area contributed by atoms with Crippen molar-refractivity contribution in [3.8, 4) is 0 Å². The van der Waals surface area contributed by atoms with Crippen LogP contribution in [-0.4, -0.2) is 21.6 Å². The number of rotatable bonds is 10. The van der Waals surface area contributed by atoms with Crippen molar-refractivity contribution < 1.29 is 24.2 Å². The molecule has 0 bridgehead atoms. The number of benzene rings is 3. The summed E-state index contributed by atoms with van der Waals surface area (Å²) < 4.78 is 5.58. The van der Waals surface area contributed by atoms with Gasteiger partial charge < -0.3 is 4.74 Å². The quantitative estimate of drug-likeness (QED) is 0.0913. The third kappa shape index (κ3) is 6.32. The van der Waals surface area contributed by atoms with Crippen LogP contribution in [-0.2, 0) is 4.74 Å². The molecule has 0 saturated carbocycles. The van der Waals surface area contributed by atoms with Crippen molar-refractivity contribution in [1.29, 1.82) is 0 Å². The number of allylic oxidation sites excluding steroid dienone is 2. The number of ether oxygens (including phenoxy) is 1. The van der Waals surface area contributed by atoms with Crippen LogP contribution in [0.5, 0.6) is 0 Å². The summed E-state index contributed by atoms with van der Waals surface area (Å²) in [4.78, 5) is 47.1. The standard InChI is InChI=1S/C26H20N2O7/c1-2-9-23(25(29)19-12-7-4-8-13-19)24(14-18-10-5-3-6-11-18)35-26(30)20-15-21(27(31)32)17-22(16-20)28(33)34/h2-8,10-17,23H,1,9H2/b24-14-. The van der Waals surface area contributed by atoms with Gasteiger partial charge in [-0.3, -0.25) is 25.0 Å². The first-order chi connectivity index (χ1) is 16.8. The molecular weight excluding hydrogens is 452 g/mol. The van der Waals surface area contributed by atoms with E-state index in [0.29, 0.717) is 11.1 Å². The molecule has 0 saturated heterocycles. The molecule has 0 aliphatic rings. The van der Waals surface area contributed by atoms with Crippen LogP contribution < -0.4 is 0 Å². The van der Waals surface area contributed by atoms with E-state index in [4.69, 9.17) is 4.74 Å². The SMILES string of the molecule is C=CCC(C(=O)c1ccccc1)/C(=C/c1ccccc1)OC(=O)c1cc([N+](=O)[O-])cc([N+](=O)[O-])c1. The summed E-state index contributed by atoms with van der Waals surface area (Å²) in [5, 5.41) is 22.4. The number of hydrogen-bond donors (Lipinski definition) is 0. The van der Waals surface area contributed by atoms with Crippen molar-refractivity contribution in [2.24, 2.45) is 5.92 Å². The second kappa shape index (κ2) is 11.3. The average molecular weight is 472 g/mol. The van der Waals surface area contributed by atoms with Gasteiger partial charge in [-0.25, -0.2) is 4.79 Å². The number of esters is 1. The summed E-state index contributed by atoms with van der Waals surface area (Å²) in [6.07, 6.45) is 3.16. The van der Waals surface area contributed by atoms with Crippen molar-refractivity contribution >= 4 is 29.2 Å². The van der Waals surface area contributed by atoms with E-state index >= 15 is 0 Å². The zero-order valence-electron chi connectivity index (χ0n) is 18.4. The molecule has 3 rings (SSSR count). The van der Waals surface area contributed by atoms with E-state index in [2.05, 4.69) is 6.58 Å². The smallest absolute Gasteiger partial charge is 0.343 e. The molecule has 3 aromatic carbocycles. The Balaban J connectivity index is 2.06. The Kier molecular flexibility index (Phi) is 7.97. The van der Waals surface area contributed by atoms with Crippen LogP contribution in [0.4, 0.5) is 11.4 Å². The Morgan fingerprint density at radius 3 is 1.91 bits per heavy atom. The number of nitro benzene ring substituents is 2. The number of ketones is 1. The van der Waals surface area contributed by atoms with Crippen molar-refractivity contribution in [1.82, 2.24) is 0 Å². The summed E-state index contributed by atoms with van der Waals surface area (Å²) in [7, 11) is 0. The van der Waals surface area contributed by atoms with Gasteiger partial charge in [0.1, 0.15) is 5.76 Å². The highest BCUT2D eigenvalue weighted by Gasteiger charge is 2.28. The maximum absolute atomic E-state index is 13.3. The average Bonchev–Trinajstić information content (AvgIpc) is 2.87. The molecule has 35 heavy (non-hydrogen) atoms. The van der Waals surface area contributed by atoms with Gasteiger partial charge in [-0.1, -0.05) is 66.7 Å². The fourth-order valence-corrected chi connectivity index (χ4v) is 3.33. The molecule has 1 unspecified atom stereocenters. The molecule has 0 amide bonds. The highest BCUT2D eigenvalue weighted by molar-refractivity contribution is 6.01. The van der Waals surface area contributed by atoms with Gasteiger partial charge in [-0.05, 0) is 18.1 Å². The van der Waals surface area contributed by atoms with Crippen LogP contribution in [0.3, 0.4) is 0 Å². The van der Waals surface area contributed by atoms with E-state index in [0.717, 1.165) is 18.2 Å². The first kappa shape index (κ1) is 24.7. The van der Waals surface area contributed by atoms with Gasteiger partial charge in [-0.15, -0.1) is 6.58 Å². The first-order valence-corrected chi connectivity index (χ1v) is 10.4. The van der Waals surface area contributed by atoms with Crippen molar-refractivity contribution in [2.75, 3.05) is 0 Å². The summed E-state index contributed by atoms with van der Waals surface area (Å²) in [6.45, 7) is 3.70. The minimum atomic E-state index is -1.08. The normalized spacial score (nSPS) is 11.8. The predicted molar refractivity (Wildman–Crippen MR) is 129 cm³/mol. The lowest BCUT2D eigenvalue weighted by molar-refractivity contribution is -0.394. The Labute approximate surface area is 200 Å². The number of non-ortho nitro benzene ring substituents is 2. The highest BCUT2D eigenvalue weighted by Crippen LogP contribution is 2.28. The molecule has 0 aromatic heterocycles. The number of Topliss-reactive ketones (excluding diaryl/α,β-unsaturated/α-hetero) is 1. The molecule has 0 N–H and O–H groups in total. The lowest BCUT2D eigenvalue weighted by Crippen LogP contribution is -2.21. The maximum Gasteiger partial charge on any atom is 0.343 e. The van der Waals surface area contributed by atoms with Gasteiger partial charge in [0.25, 0.3) is 11.4 Å². The molecule has 176 valence electrons. The zero-order valence-corrected chi connectivity index (χ0v) is 18.4. The van der Waals surface area contributed by atoms with Gasteiger partial charge in [-0.2, -0.15) is 0 Å². The van der Waals surface area contributed by atoms with Crippen LogP contribution in [0.1, 0.15) is 32.7 Å². The Morgan fingerprint density at radius 2 is 1.40 bits per heavy atom. The minimum Gasteiger partial charge on any atom is -0.427 e. The number of carbonyl (C=O) groups is 2. The topological polar surface area (TPSA) is 130 Å². The molecule has 0 heterocycles. The molecule has 0 radical (unpaired) electrons. The largest absolute Gasteiger partial charge is 0.427 e. The van der Waals surface area contributed by atoms with Crippen LogP contribution in [0, 0.1) is 26.1 Å². The van der Waals surface area contributed by atoms with Gasteiger partial charge in [0.15, 0.2) is 5.78 Å². The Hall–Kier alpha value is -4.92. The van der Waals surface area contributed by atoms with Crippen molar-refractivity contribution in [3.63, 3.8) is 0 Å². The zero-order chi connectivity index (χ0) is 25.4. The fourth-order valence-electron chi connectivity index (χ4n) is 3.33. The fraction of sp³-hybridized carbons (Fsp3) is 0.0769. The lowest BCUT2D eigenvalue weighted by atomic mass is 9.91. The maximum atomic E-state index is 13.3. The monoisotopic (exact) mass is 472 g/mol. The summed E-state index contributed by atoms with van der Waals surface area (Å²) in [5.41, 5.74) is -0.643. The Morgan fingerprint density at radius 1 is 0.857 bits per heavy atom. The van der Waals surface area contributed by atoms with E-state index in [1.807, 2.05) is 0 Å². The summed E-state index contributed by atoms with van der Waals surface area (Å²) in [5.74, 6) is -2.36. The number of nitro groups is 2. The molecule has 9 heteroatoms. The molecule has 0 aliphatic heterocycles. The van der Waals surface area contributed by atoms with Gasteiger partial charge >= 0.3 is 5.97 Å². The van der Waals surface area contributed by atoms with Crippen LogP contribution in [0.15, 0.2) is 97.3 Å². The van der Waals surface area contributed by atoms with E-state index in [1.54, 1.807) is 60.7 Å². The van der Waals surface area contributed by atoms with Gasteiger partial charge in [0.05, 0.1) is 27.4 Å². The molecule has 1 atom stereocenters. The lowest BCUT2D eigenvalue weighted by Gasteiger charge is -2.18. The molecule has 3 aromatic rings. The molecule has 0 aliphatic carbocycles. The highest BCUT2D eigenvalue weighted by atomic mass is 16.6. The third-order valence-corrected chi connectivity index (χ3v) is 5.00. The first-order valence-electron chi connectivity index (χ1n) is 10.4. The molecule has 0 spiro atoms. The molecule has 0 fully saturated rings. The third-order valence-electron chi connectivity index (χ3n) is 5.00. The van der Waals surface area contributed by atoms with Crippen LogP contribution >= 0.6 is 0 Å². The van der Waals surface area contributed by atoms with E-state index in [9.17, 15) is 29.8 Å². The second-order valence-corrected chi connectivity index (χ2v) is 7.41. The van der Waals surface area contributed by atoms with Gasteiger partial charge in [0, 0.05) is 17.7 Å². The van der Waals surface area contributed by atoms with Crippen LogP contribution in [0.25, 0.3) is 6.08 Å². The second-order valence-electron chi connectivity index (χ2n) is 7.41. The number of carbonyl (C=O) groups excluding carboxylic acids is 2. The predicted octanol–water partition coefficient (Wildman–Crippen LogP) is 5.78.